The van der Waals surface area contributed by atoms with Crippen molar-refractivity contribution in [1.82, 2.24) is 10.2 Å². The Hall–Kier alpha value is -1.43. The first-order valence-corrected chi connectivity index (χ1v) is 4.87. The summed E-state index contributed by atoms with van der Waals surface area (Å²) in [4.78, 5) is 34.8. The fraction of sp³-hybridized carbons (Fsp3) is 0.667. The number of nitrogens with one attached hydrogen (secondary N) is 1. The number of aliphatic carboxylic acids is 1. The lowest BCUT2D eigenvalue weighted by molar-refractivity contribution is -0.139. The molecule has 0 saturated carbocycles. The molecule has 0 aliphatic carbocycles. The minimum absolute atomic E-state index is 0.0648. The SMILES string of the molecule is O=C(O)CN1CC[C@@H]2C(=O)NC(=O)[C@@H]2C1. The minimum Gasteiger partial charge on any atom is -0.480 e. The molecular weight excluding hydrogens is 200 g/mol. The lowest BCUT2D eigenvalue weighted by Crippen LogP contribution is -2.43. The summed E-state index contributed by atoms with van der Waals surface area (Å²) in [7, 11) is 0. The quantitative estimate of drug-likeness (QED) is 0.553. The third-order valence-electron chi connectivity index (χ3n) is 2.98. The Morgan fingerprint density at radius 2 is 2.07 bits per heavy atom. The monoisotopic (exact) mass is 212 g/mol. The van der Waals surface area contributed by atoms with Crippen LogP contribution in [0.1, 0.15) is 6.42 Å². The van der Waals surface area contributed by atoms with Gasteiger partial charge in [0.2, 0.25) is 11.8 Å². The molecule has 0 aromatic rings. The van der Waals surface area contributed by atoms with Crippen molar-refractivity contribution in [3.63, 3.8) is 0 Å². The van der Waals surface area contributed by atoms with E-state index in [-0.39, 0.29) is 30.2 Å². The number of amides is 2. The van der Waals surface area contributed by atoms with Crippen molar-refractivity contribution in [1.29, 1.82) is 0 Å². The molecule has 0 unspecified atom stereocenters. The lowest BCUT2D eigenvalue weighted by Gasteiger charge is -2.30. The van der Waals surface area contributed by atoms with Gasteiger partial charge in [-0.3, -0.25) is 24.6 Å². The molecule has 2 amide bonds. The van der Waals surface area contributed by atoms with E-state index in [1.807, 2.05) is 0 Å². The van der Waals surface area contributed by atoms with Crippen molar-refractivity contribution in [2.45, 2.75) is 6.42 Å². The molecule has 2 heterocycles. The summed E-state index contributed by atoms with van der Waals surface area (Å²) >= 11 is 0. The van der Waals surface area contributed by atoms with Gasteiger partial charge in [0.25, 0.3) is 0 Å². The van der Waals surface area contributed by atoms with Crippen LogP contribution in [0.2, 0.25) is 0 Å². The van der Waals surface area contributed by atoms with Crippen molar-refractivity contribution in [3.05, 3.63) is 0 Å². The zero-order valence-electron chi connectivity index (χ0n) is 8.10. The van der Waals surface area contributed by atoms with E-state index >= 15 is 0 Å². The molecule has 6 nitrogen and oxygen atoms in total. The fourth-order valence-corrected chi connectivity index (χ4v) is 2.24. The van der Waals surface area contributed by atoms with Gasteiger partial charge in [-0.1, -0.05) is 0 Å². The Balaban J connectivity index is 2.02. The van der Waals surface area contributed by atoms with Crippen molar-refractivity contribution < 1.29 is 19.5 Å². The second kappa shape index (κ2) is 3.62. The largest absolute Gasteiger partial charge is 0.480 e. The third-order valence-corrected chi connectivity index (χ3v) is 2.98. The number of carboxylic acid groups (broad SMARTS) is 1. The van der Waals surface area contributed by atoms with E-state index in [1.54, 1.807) is 4.90 Å². The summed E-state index contributed by atoms with van der Waals surface area (Å²) < 4.78 is 0. The number of imide groups is 1. The van der Waals surface area contributed by atoms with Crippen LogP contribution >= 0.6 is 0 Å². The van der Waals surface area contributed by atoms with Crippen LogP contribution < -0.4 is 5.32 Å². The molecule has 0 aromatic carbocycles. The summed E-state index contributed by atoms with van der Waals surface area (Å²) in [5.41, 5.74) is 0. The van der Waals surface area contributed by atoms with Gasteiger partial charge in [0.05, 0.1) is 18.4 Å². The number of piperidine rings is 1. The minimum atomic E-state index is -0.904. The van der Waals surface area contributed by atoms with Gasteiger partial charge in [-0.25, -0.2) is 0 Å². The summed E-state index contributed by atoms with van der Waals surface area (Å²) in [6.07, 6.45) is 0.565. The van der Waals surface area contributed by atoms with E-state index in [0.29, 0.717) is 19.5 Å². The first kappa shape index (κ1) is 10.1. The molecule has 2 N–H and O–H groups in total. The number of carbonyl (C=O) groups excluding carboxylic acids is 2. The van der Waals surface area contributed by atoms with Gasteiger partial charge in [0, 0.05) is 6.54 Å². The van der Waals surface area contributed by atoms with E-state index in [2.05, 4.69) is 5.32 Å². The van der Waals surface area contributed by atoms with Crippen LogP contribution in [0, 0.1) is 11.8 Å². The molecule has 2 aliphatic rings. The zero-order chi connectivity index (χ0) is 11.0. The normalized spacial score (nSPS) is 31.2. The number of fused-ring (bicyclic) bond motifs is 1. The summed E-state index contributed by atoms with van der Waals surface area (Å²) in [6, 6.07) is 0. The molecule has 82 valence electrons. The van der Waals surface area contributed by atoms with Crippen molar-refractivity contribution in [2.75, 3.05) is 19.6 Å². The van der Waals surface area contributed by atoms with E-state index < -0.39 is 5.97 Å². The van der Waals surface area contributed by atoms with Gasteiger partial charge in [-0.15, -0.1) is 0 Å². The highest BCUT2D eigenvalue weighted by Crippen LogP contribution is 2.28. The number of carbonyl (C=O) groups is 3. The molecule has 2 atom stereocenters. The predicted molar refractivity (Wildman–Crippen MR) is 48.8 cm³/mol. The Morgan fingerprint density at radius 1 is 1.40 bits per heavy atom. The van der Waals surface area contributed by atoms with Gasteiger partial charge < -0.3 is 5.11 Å². The fourth-order valence-electron chi connectivity index (χ4n) is 2.24. The van der Waals surface area contributed by atoms with E-state index in [4.69, 9.17) is 5.11 Å². The average Bonchev–Trinajstić information content (AvgIpc) is 2.41. The average molecular weight is 212 g/mol. The number of likely N-dealkylation sites (tertiary alicyclic amines) is 1. The van der Waals surface area contributed by atoms with E-state index in [9.17, 15) is 14.4 Å². The number of hydrogen-bond acceptors (Lipinski definition) is 4. The Morgan fingerprint density at radius 3 is 2.73 bits per heavy atom. The van der Waals surface area contributed by atoms with Gasteiger partial charge in [0.15, 0.2) is 0 Å². The topological polar surface area (TPSA) is 86.7 Å². The first-order valence-electron chi connectivity index (χ1n) is 4.87. The maximum atomic E-state index is 11.3. The predicted octanol–water partition coefficient (Wildman–Crippen LogP) is -1.33. The molecule has 6 heteroatoms. The van der Waals surface area contributed by atoms with Crippen LogP contribution in [-0.2, 0) is 14.4 Å². The van der Waals surface area contributed by atoms with Gasteiger partial charge in [-0.05, 0) is 13.0 Å². The molecule has 15 heavy (non-hydrogen) atoms. The van der Waals surface area contributed by atoms with Crippen molar-refractivity contribution >= 4 is 17.8 Å². The third kappa shape index (κ3) is 1.85. The van der Waals surface area contributed by atoms with Gasteiger partial charge in [-0.2, -0.15) is 0 Å². The molecule has 0 aromatic heterocycles. The second-order valence-electron chi connectivity index (χ2n) is 3.98. The molecule has 0 radical (unpaired) electrons. The summed E-state index contributed by atoms with van der Waals surface area (Å²) in [6.45, 7) is 0.868. The molecular formula is C9H12N2O4. The Labute approximate surface area is 86.2 Å². The highest BCUT2D eigenvalue weighted by Gasteiger charge is 2.44. The van der Waals surface area contributed by atoms with Crippen LogP contribution in [-0.4, -0.2) is 47.4 Å². The van der Waals surface area contributed by atoms with Crippen LogP contribution in [0.15, 0.2) is 0 Å². The van der Waals surface area contributed by atoms with Crippen LogP contribution in [0.3, 0.4) is 0 Å². The summed E-state index contributed by atoms with van der Waals surface area (Å²) in [5.74, 6) is -1.98. The number of nitrogens with zero attached hydrogens (tertiary/aromatic N) is 1. The van der Waals surface area contributed by atoms with E-state index in [1.165, 1.54) is 0 Å². The first-order chi connectivity index (χ1) is 7.08. The second-order valence-corrected chi connectivity index (χ2v) is 3.98. The zero-order valence-corrected chi connectivity index (χ0v) is 8.10. The Kier molecular flexibility index (Phi) is 2.44. The standard InChI is InChI=1S/C9H12N2O4/c12-7(13)4-11-2-1-5-6(3-11)9(15)10-8(5)14/h5-6H,1-4H2,(H,12,13)(H,10,14,15)/t5-,6+/m0/s1. The maximum absolute atomic E-state index is 11.3. The Bertz CT molecular complexity index is 328. The highest BCUT2D eigenvalue weighted by molar-refractivity contribution is 6.05. The van der Waals surface area contributed by atoms with E-state index in [0.717, 1.165) is 0 Å². The van der Waals surface area contributed by atoms with Crippen molar-refractivity contribution in [3.8, 4) is 0 Å². The number of hydrogen-bond donors (Lipinski definition) is 2. The molecule has 2 aliphatic heterocycles. The van der Waals surface area contributed by atoms with Crippen LogP contribution in [0.4, 0.5) is 0 Å². The van der Waals surface area contributed by atoms with Crippen LogP contribution in [0.5, 0.6) is 0 Å². The molecule has 0 spiro atoms. The number of rotatable bonds is 2. The maximum Gasteiger partial charge on any atom is 0.317 e. The molecule has 0 bridgehead atoms. The number of carboxylic acids is 1. The highest BCUT2D eigenvalue weighted by atomic mass is 16.4. The summed E-state index contributed by atoms with van der Waals surface area (Å²) in [5, 5.41) is 10.9. The van der Waals surface area contributed by atoms with Gasteiger partial charge in [0.1, 0.15) is 0 Å². The molecule has 2 saturated heterocycles. The van der Waals surface area contributed by atoms with Crippen LogP contribution in [0.25, 0.3) is 0 Å². The lowest BCUT2D eigenvalue weighted by atomic mass is 9.88. The smallest absolute Gasteiger partial charge is 0.317 e. The van der Waals surface area contributed by atoms with Crippen molar-refractivity contribution in [2.24, 2.45) is 11.8 Å². The molecule has 2 fully saturated rings. The van der Waals surface area contributed by atoms with Gasteiger partial charge >= 0.3 is 5.97 Å². The molecule has 2 rings (SSSR count).